The van der Waals surface area contributed by atoms with Crippen molar-refractivity contribution in [3.05, 3.63) is 10.6 Å². The molecule has 0 aromatic carbocycles. The third-order valence-corrected chi connectivity index (χ3v) is 5.56. The molecule has 1 aliphatic heterocycles. The van der Waals surface area contributed by atoms with Crippen molar-refractivity contribution in [1.82, 2.24) is 4.98 Å². The Hall–Kier alpha value is -0.610. The van der Waals surface area contributed by atoms with Crippen LogP contribution in [-0.4, -0.2) is 17.6 Å². The van der Waals surface area contributed by atoms with Crippen molar-refractivity contribution in [3.63, 3.8) is 0 Å². The van der Waals surface area contributed by atoms with Crippen LogP contribution in [0.3, 0.4) is 0 Å². The van der Waals surface area contributed by atoms with Gasteiger partial charge in [-0.2, -0.15) is 0 Å². The number of hydrogen-bond donors (Lipinski definition) is 1. The van der Waals surface area contributed by atoms with Gasteiger partial charge in [-0.1, -0.05) is 25.2 Å². The minimum atomic E-state index is 0.236. The lowest BCUT2D eigenvalue weighted by molar-refractivity contribution is 0.491. The van der Waals surface area contributed by atoms with Crippen LogP contribution in [0.25, 0.3) is 0 Å². The van der Waals surface area contributed by atoms with Gasteiger partial charge in [-0.15, -0.1) is 0 Å². The summed E-state index contributed by atoms with van der Waals surface area (Å²) in [4.78, 5) is 8.76. The lowest BCUT2D eigenvalue weighted by Crippen LogP contribution is -2.33. The number of aryl methyl sites for hydroxylation is 1. The van der Waals surface area contributed by atoms with E-state index in [-0.39, 0.29) is 6.04 Å². The van der Waals surface area contributed by atoms with Crippen LogP contribution in [0.15, 0.2) is 0 Å². The maximum Gasteiger partial charge on any atom is 0.186 e. The van der Waals surface area contributed by atoms with E-state index in [0.717, 1.165) is 12.8 Å². The fraction of sp³-hybridized carbons (Fsp3) is 0.786. The monoisotopic (exact) mass is 265 g/mol. The fourth-order valence-electron chi connectivity index (χ4n) is 3.29. The molecular weight excluding hydrogens is 242 g/mol. The van der Waals surface area contributed by atoms with Crippen LogP contribution in [0.1, 0.15) is 56.1 Å². The molecule has 0 saturated carbocycles. The first kappa shape index (κ1) is 12.4. The average Bonchev–Trinajstić information content (AvgIpc) is 2.95. The molecule has 2 N–H and O–H groups in total. The van der Waals surface area contributed by atoms with Crippen LogP contribution < -0.4 is 10.6 Å². The highest BCUT2D eigenvalue weighted by atomic mass is 32.1. The van der Waals surface area contributed by atoms with Crippen LogP contribution in [0.4, 0.5) is 5.13 Å². The van der Waals surface area contributed by atoms with Crippen molar-refractivity contribution in [3.8, 4) is 0 Å². The molecule has 100 valence electrons. The highest BCUT2D eigenvalue weighted by Crippen LogP contribution is 2.39. The lowest BCUT2D eigenvalue weighted by Gasteiger charge is -2.27. The first-order valence-electron chi connectivity index (χ1n) is 7.18. The van der Waals surface area contributed by atoms with Crippen LogP contribution in [0.2, 0.25) is 0 Å². The second-order valence-corrected chi connectivity index (χ2v) is 6.96. The Kier molecular flexibility index (Phi) is 3.32. The first-order chi connectivity index (χ1) is 8.66. The van der Waals surface area contributed by atoms with Crippen molar-refractivity contribution in [2.45, 2.75) is 58.0 Å². The second kappa shape index (κ2) is 4.82. The number of nitrogens with two attached hydrogens (primary N) is 1. The summed E-state index contributed by atoms with van der Waals surface area (Å²) in [5, 5.41) is 1.23. The summed E-state index contributed by atoms with van der Waals surface area (Å²) in [7, 11) is 0. The molecule has 1 aromatic heterocycles. The molecule has 1 aromatic rings. The number of rotatable bonds is 2. The molecule has 0 bridgehead atoms. The summed E-state index contributed by atoms with van der Waals surface area (Å²) >= 11 is 1.85. The van der Waals surface area contributed by atoms with E-state index in [2.05, 4.69) is 18.7 Å². The number of nitrogens with zero attached hydrogens (tertiary/aromatic N) is 2. The van der Waals surface area contributed by atoms with Crippen molar-refractivity contribution in [1.29, 1.82) is 0 Å². The number of anilines is 1. The molecule has 18 heavy (non-hydrogen) atoms. The van der Waals surface area contributed by atoms with Crippen molar-refractivity contribution < 1.29 is 0 Å². The quantitative estimate of drug-likeness (QED) is 0.893. The van der Waals surface area contributed by atoms with E-state index in [1.54, 1.807) is 0 Å². The van der Waals surface area contributed by atoms with Gasteiger partial charge in [0.1, 0.15) is 0 Å². The lowest BCUT2D eigenvalue weighted by atomic mass is 9.99. The molecule has 0 radical (unpaired) electrons. The topological polar surface area (TPSA) is 42.2 Å². The van der Waals surface area contributed by atoms with Gasteiger partial charge in [-0.05, 0) is 38.0 Å². The second-order valence-electron chi connectivity index (χ2n) is 5.95. The van der Waals surface area contributed by atoms with E-state index in [1.165, 1.54) is 41.5 Å². The minimum absolute atomic E-state index is 0.236. The Morgan fingerprint density at radius 3 is 2.89 bits per heavy atom. The largest absolute Gasteiger partial charge is 0.345 e. The minimum Gasteiger partial charge on any atom is -0.345 e. The van der Waals surface area contributed by atoms with Gasteiger partial charge in [-0.25, -0.2) is 4.98 Å². The van der Waals surface area contributed by atoms with Crippen molar-refractivity contribution in [2.24, 2.45) is 11.7 Å². The molecule has 2 aliphatic rings. The van der Waals surface area contributed by atoms with E-state index in [4.69, 9.17) is 10.7 Å². The van der Waals surface area contributed by atoms with E-state index >= 15 is 0 Å². The van der Waals surface area contributed by atoms with Crippen molar-refractivity contribution in [2.75, 3.05) is 11.4 Å². The Bertz CT molecular complexity index is 427. The van der Waals surface area contributed by atoms with Crippen LogP contribution in [0, 0.1) is 5.92 Å². The smallest absolute Gasteiger partial charge is 0.186 e. The Labute approximate surface area is 113 Å². The van der Waals surface area contributed by atoms with E-state index < -0.39 is 0 Å². The van der Waals surface area contributed by atoms with Crippen LogP contribution in [-0.2, 0) is 6.42 Å². The van der Waals surface area contributed by atoms with Gasteiger partial charge in [0, 0.05) is 23.5 Å². The maximum absolute atomic E-state index is 6.20. The highest BCUT2D eigenvalue weighted by Gasteiger charge is 2.31. The SMILES string of the molecule is CC(C)C1CCCN1c1nc2c(s1)C(N)CCC2. The summed E-state index contributed by atoms with van der Waals surface area (Å²) in [6.45, 7) is 5.81. The number of fused-ring (bicyclic) bond motifs is 1. The molecule has 1 fully saturated rings. The van der Waals surface area contributed by atoms with Crippen molar-refractivity contribution >= 4 is 16.5 Å². The normalized spacial score (nSPS) is 27.9. The molecular formula is C14H23N3S. The van der Waals surface area contributed by atoms with Gasteiger partial charge < -0.3 is 10.6 Å². The van der Waals surface area contributed by atoms with E-state index in [0.29, 0.717) is 12.0 Å². The maximum atomic E-state index is 6.20. The van der Waals surface area contributed by atoms with Gasteiger partial charge in [0.25, 0.3) is 0 Å². The molecule has 1 aliphatic carbocycles. The van der Waals surface area contributed by atoms with Gasteiger partial charge >= 0.3 is 0 Å². The molecule has 4 heteroatoms. The van der Waals surface area contributed by atoms with Gasteiger partial charge in [0.15, 0.2) is 5.13 Å². The summed E-state index contributed by atoms with van der Waals surface area (Å²) in [6, 6.07) is 0.911. The van der Waals surface area contributed by atoms with E-state index in [9.17, 15) is 0 Å². The molecule has 3 rings (SSSR count). The number of hydrogen-bond acceptors (Lipinski definition) is 4. The summed E-state index contributed by atoms with van der Waals surface area (Å²) in [5.41, 5.74) is 7.49. The van der Waals surface area contributed by atoms with E-state index in [1.807, 2.05) is 11.3 Å². The number of aromatic nitrogens is 1. The van der Waals surface area contributed by atoms with Gasteiger partial charge in [-0.3, -0.25) is 0 Å². The molecule has 2 atom stereocenters. The van der Waals surface area contributed by atoms with Crippen LogP contribution in [0.5, 0.6) is 0 Å². The Morgan fingerprint density at radius 1 is 1.33 bits per heavy atom. The zero-order valence-corrected chi connectivity index (χ0v) is 12.2. The fourth-order valence-corrected chi connectivity index (χ4v) is 4.52. The van der Waals surface area contributed by atoms with Gasteiger partial charge in [0.2, 0.25) is 0 Å². The molecule has 1 saturated heterocycles. The van der Waals surface area contributed by atoms with Crippen LogP contribution >= 0.6 is 11.3 Å². The molecule has 0 spiro atoms. The highest BCUT2D eigenvalue weighted by molar-refractivity contribution is 7.15. The molecule has 0 amide bonds. The van der Waals surface area contributed by atoms with Gasteiger partial charge in [0.05, 0.1) is 5.69 Å². The third kappa shape index (κ3) is 2.05. The number of thiazole rings is 1. The Balaban J connectivity index is 1.88. The zero-order chi connectivity index (χ0) is 12.7. The molecule has 2 unspecified atom stereocenters. The third-order valence-electron chi connectivity index (χ3n) is 4.30. The summed E-state index contributed by atoms with van der Waals surface area (Å²) < 4.78 is 0. The first-order valence-corrected chi connectivity index (χ1v) is 8.00. The summed E-state index contributed by atoms with van der Waals surface area (Å²) in [6.07, 6.45) is 6.07. The zero-order valence-electron chi connectivity index (χ0n) is 11.4. The molecule has 3 nitrogen and oxygen atoms in total. The Morgan fingerprint density at radius 2 is 2.17 bits per heavy atom. The predicted molar refractivity (Wildman–Crippen MR) is 77.2 cm³/mol. The standard InChI is InChI=1S/C14H23N3S/c1-9(2)12-7-4-8-17(12)14-16-11-6-3-5-10(15)13(11)18-14/h9-10,12H,3-8,15H2,1-2H3. The molecule has 2 heterocycles. The average molecular weight is 265 g/mol. The predicted octanol–water partition coefficient (Wildman–Crippen LogP) is 3.10. The summed E-state index contributed by atoms with van der Waals surface area (Å²) in [5.74, 6) is 0.710.